The molecule has 0 fully saturated rings. The molecule has 0 aliphatic rings. The van der Waals surface area contributed by atoms with Gasteiger partial charge in [0.15, 0.2) is 0 Å². The van der Waals surface area contributed by atoms with E-state index in [0.29, 0.717) is 30.4 Å². The van der Waals surface area contributed by atoms with Crippen LogP contribution in [0, 0.1) is 11.2 Å². The molecule has 0 heterocycles. The Labute approximate surface area is 121 Å². The third kappa shape index (κ3) is 3.76. The molecule has 0 aliphatic carbocycles. The number of carboxylic acid groups (broad SMARTS) is 1. The number of halogens is 2. The number of hydrogen-bond acceptors (Lipinski definition) is 2. The second-order valence-corrected chi connectivity index (χ2v) is 5.40. The minimum atomic E-state index is -0.789. The largest absolute Gasteiger partial charge is 0.481 e. The first-order valence-corrected chi connectivity index (χ1v) is 7.13. The van der Waals surface area contributed by atoms with Gasteiger partial charge in [-0.05, 0) is 40.4 Å². The molecule has 2 N–H and O–H groups in total. The van der Waals surface area contributed by atoms with Gasteiger partial charge in [-0.2, -0.15) is 0 Å². The van der Waals surface area contributed by atoms with E-state index in [-0.39, 0.29) is 5.82 Å². The second-order valence-electron chi connectivity index (χ2n) is 4.61. The van der Waals surface area contributed by atoms with Gasteiger partial charge in [-0.15, -0.1) is 0 Å². The SMILES string of the molecule is CCC(CC)(CNCc1cccc(F)c1Br)C(=O)O. The maximum absolute atomic E-state index is 13.3. The lowest BCUT2D eigenvalue weighted by molar-refractivity contribution is -0.149. The Hall–Kier alpha value is -0.940. The number of carbonyl (C=O) groups is 1. The molecule has 0 unspecified atom stereocenters. The van der Waals surface area contributed by atoms with E-state index in [2.05, 4.69) is 21.2 Å². The summed E-state index contributed by atoms with van der Waals surface area (Å²) in [7, 11) is 0. The molecule has 1 aromatic rings. The number of aliphatic carboxylic acids is 1. The van der Waals surface area contributed by atoms with Crippen LogP contribution in [0.2, 0.25) is 0 Å². The monoisotopic (exact) mass is 331 g/mol. The van der Waals surface area contributed by atoms with E-state index in [4.69, 9.17) is 0 Å². The number of benzene rings is 1. The van der Waals surface area contributed by atoms with Gasteiger partial charge in [0, 0.05) is 13.1 Å². The molecule has 0 radical (unpaired) electrons. The van der Waals surface area contributed by atoms with Crippen LogP contribution in [0.25, 0.3) is 0 Å². The third-order valence-corrected chi connectivity index (χ3v) is 4.51. The summed E-state index contributed by atoms with van der Waals surface area (Å²) in [4.78, 5) is 11.3. The Morgan fingerprint density at radius 1 is 1.42 bits per heavy atom. The summed E-state index contributed by atoms with van der Waals surface area (Å²) < 4.78 is 13.8. The average Bonchev–Trinajstić information content (AvgIpc) is 2.39. The van der Waals surface area contributed by atoms with Crippen molar-refractivity contribution >= 4 is 21.9 Å². The molecule has 106 valence electrons. The van der Waals surface area contributed by atoms with Crippen LogP contribution in [-0.4, -0.2) is 17.6 Å². The summed E-state index contributed by atoms with van der Waals surface area (Å²) in [5.74, 6) is -1.10. The van der Waals surface area contributed by atoms with Crippen molar-refractivity contribution < 1.29 is 14.3 Å². The highest BCUT2D eigenvalue weighted by Crippen LogP contribution is 2.26. The van der Waals surface area contributed by atoms with Crippen LogP contribution in [0.1, 0.15) is 32.3 Å². The molecule has 0 saturated heterocycles. The molecule has 1 rings (SSSR count). The second kappa shape index (κ2) is 7.01. The van der Waals surface area contributed by atoms with Gasteiger partial charge in [-0.3, -0.25) is 4.79 Å². The van der Waals surface area contributed by atoms with Crippen LogP contribution < -0.4 is 5.32 Å². The average molecular weight is 332 g/mol. The quantitative estimate of drug-likeness (QED) is 0.803. The van der Waals surface area contributed by atoms with Crippen LogP contribution >= 0.6 is 15.9 Å². The zero-order chi connectivity index (χ0) is 14.5. The summed E-state index contributed by atoms with van der Waals surface area (Å²) in [6, 6.07) is 4.83. The van der Waals surface area contributed by atoms with Gasteiger partial charge in [0.05, 0.1) is 9.89 Å². The van der Waals surface area contributed by atoms with Gasteiger partial charge in [-0.1, -0.05) is 26.0 Å². The number of carboxylic acids is 1. The summed E-state index contributed by atoms with van der Waals surface area (Å²) >= 11 is 3.19. The van der Waals surface area contributed by atoms with Gasteiger partial charge in [0.25, 0.3) is 0 Å². The maximum atomic E-state index is 13.3. The lowest BCUT2D eigenvalue weighted by Gasteiger charge is -2.27. The van der Waals surface area contributed by atoms with Crippen LogP contribution in [0.3, 0.4) is 0 Å². The Morgan fingerprint density at radius 2 is 2.05 bits per heavy atom. The summed E-state index contributed by atoms with van der Waals surface area (Å²) in [5.41, 5.74) is 0.0336. The highest BCUT2D eigenvalue weighted by atomic mass is 79.9. The van der Waals surface area contributed by atoms with E-state index in [1.54, 1.807) is 12.1 Å². The Bertz CT molecular complexity index is 447. The topological polar surface area (TPSA) is 49.3 Å². The first-order valence-electron chi connectivity index (χ1n) is 6.34. The Kier molecular flexibility index (Phi) is 5.94. The first-order chi connectivity index (χ1) is 8.96. The molecule has 0 saturated carbocycles. The number of hydrogen-bond donors (Lipinski definition) is 2. The molecule has 0 amide bonds. The third-order valence-electron chi connectivity index (χ3n) is 3.62. The fraction of sp³-hybridized carbons (Fsp3) is 0.500. The predicted molar refractivity (Wildman–Crippen MR) is 76.5 cm³/mol. The van der Waals surface area contributed by atoms with Crippen molar-refractivity contribution in [3.8, 4) is 0 Å². The summed E-state index contributed by atoms with van der Waals surface area (Å²) in [5, 5.41) is 12.4. The molecule has 19 heavy (non-hydrogen) atoms. The van der Waals surface area contributed by atoms with Crippen molar-refractivity contribution in [2.24, 2.45) is 5.41 Å². The zero-order valence-corrected chi connectivity index (χ0v) is 12.8. The van der Waals surface area contributed by atoms with E-state index in [1.165, 1.54) is 6.07 Å². The fourth-order valence-electron chi connectivity index (χ4n) is 2.00. The van der Waals surface area contributed by atoms with Crippen LogP contribution in [0.4, 0.5) is 4.39 Å². The normalized spacial score (nSPS) is 11.6. The summed E-state index contributed by atoms with van der Waals surface area (Å²) in [6.45, 7) is 4.56. The lowest BCUT2D eigenvalue weighted by atomic mass is 9.82. The molecule has 0 spiro atoms. The van der Waals surface area contributed by atoms with Crippen molar-refractivity contribution in [1.82, 2.24) is 5.32 Å². The van der Waals surface area contributed by atoms with E-state index < -0.39 is 11.4 Å². The Morgan fingerprint density at radius 3 is 2.58 bits per heavy atom. The minimum absolute atomic E-state index is 0.310. The van der Waals surface area contributed by atoms with Gasteiger partial charge in [0.1, 0.15) is 5.82 Å². The number of rotatable bonds is 7. The molecule has 0 aromatic heterocycles. The van der Waals surface area contributed by atoms with Gasteiger partial charge in [-0.25, -0.2) is 4.39 Å². The van der Waals surface area contributed by atoms with E-state index in [1.807, 2.05) is 13.8 Å². The molecule has 0 bridgehead atoms. The molecular formula is C14H19BrFNO2. The van der Waals surface area contributed by atoms with Crippen molar-refractivity contribution in [3.05, 3.63) is 34.1 Å². The van der Waals surface area contributed by atoms with E-state index in [0.717, 1.165) is 5.56 Å². The van der Waals surface area contributed by atoms with Gasteiger partial charge in [0.2, 0.25) is 0 Å². The summed E-state index contributed by atoms with van der Waals surface area (Å²) in [6.07, 6.45) is 1.13. The standard InChI is InChI=1S/C14H19BrFNO2/c1-3-14(4-2,13(18)19)9-17-8-10-6-5-7-11(16)12(10)15/h5-7,17H,3-4,8-9H2,1-2H3,(H,18,19). The van der Waals surface area contributed by atoms with Crippen LogP contribution in [0.15, 0.2) is 22.7 Å². The highest BCUT2D eigenvalue weighted by Gasteiger charge is 2.34. The van der Waals surface area contributed by atoms with Crippen molar-refractivity contribution in [1.29, 1.82) is 0 Å². The van der Waals surface area contributed by atoms with Crippen molar-refractivity contribution in [2.45, 2.75) is 33.2 Å². The maximum Gasteiger partial charge on any atom is 0.310 e. The molecule has 1 aromatic carbocycles. The molecular weight excluding hydrogens is 313 g/mol. The van der Waals surface area contributed by atoms with Crippen LogP contribution in [0.5, 0.6) is 0 Å². The van der Waals surface area contributed by atoms with E-state index >= 15 is 0 Å². The minimum Gasteiger partial charge on any atom is -0.481 e. The molecule has 5 heteroatoms. The van der Waals surface area contributed by atoms with E-state index in [9.17, 15) is 14.3 Å². The Balaban J connectivity index is 2.67. The van der Waals surface area contributed by atoms with Crippen molar-refractivity contribution in [2.75, 3.05) is 6.54 Å². The lowest BCUT2D eigenvalue weighted by Crippen LogP contribution is -2.40. The molecule has 0 aliphatic heterocycles. The zero-order valence-electron chi connectivity index (χ0n) is 11.2. The highest BCUT2D eigenvalue weighted by molar-refractivity contribution is 9.10. The van der Waals surface area contributed by atoms with Crippen molar-refractivity contribution in [3.63, 3.8) is 0 Å². The first kappa shape index (κ1) is 16.1. The fourth-order valence-corrected chi connectivity index (χ4v) is 2.40. The number of nitrogens with one attached hydrogen (secondary N) is 1. The molecule has 0 atom stereocenters. The van der Waals surface area contributed by atoms with Gasteiger partial charge >= 0.3 is 5.97 Å². The molecule has 3 nitrogen and oxygen atoms in total. The van der Waals surface area contributed by atoms with Gasteiger partial charge < -0.3 is 10.4 Å². The van der Waals surface area contributed by atoms with Crippen LogP contribution in [-0.2, 0) is 11.3 Å². The predicted octanol–water partition coefficient (Wildman–Crippen LogP) is 3.57. The smallest absolute Gasteiger partial charge is 0.310 e.